The molecule has 0 atom stereocenters. The van der Waals surface area contributed by atoms with Gasteiger partial charge in [0.2, 0.25) is 0 Å². The Kier molecular flexibility index (Phi) is 2.17. The molecule has 0 radical (unpaired) electrons. The van der Waals surface area contributed by atoms with E-state index in [0.29, 0.717) is 5.75 Å². The standard InChI is InChI=1S/C13H17NO/c15-13-5-4-10-6-7-14(9-11(10)8-13)12-2-1-3-12/h4-5,8,12,15H,1-3,6-7,9H2. The maximum atomic E-state index is 9.47. The number of nitrogens with zero attached hydrogens (tertiary/aromatic N) is 1. The highest BCUT2D eigenvalue weighted by Gasteiger charge is 2.27. The van der Waals surface area contributed by atoms with E-state index in [4.69, 9.17) is 0 Å². The van der Waals surface area contributed by atoms with Crippen molar-refractivity contribution in [2.24, 2.45) is 0 Å². The highest BCUT2D eigenvalue weighted by Crippen LogP contribution is 2.30. The topological polar surface area (TPSA) is 23.5 Å². The van der Waals surface area contributed by atoms with Crippen molar-refractivity contribution in [3.8, 4) is 5.75 Å². The molecule has 3 rings (SSSR count). The summed E-state index contributed by atoms with van der Waals surface area (Å²) in [5, 5.41) is 9.47. The number of rotatable bonds is 1. The van der Waals surface area contributed by atoms with Crippen LogP contribution in [0.3, 0.4) is 0 Å². The van der Waals surface area contributed by atoms with Crippen LogP contribution in [-0.2, 0) is 13.0 Å². The molecule has 1 aromatic rings. The van der Waals surface area contributed by atoms with Gasteiger partial charge < -0.3 is 5.11 Å². The third-order valence-electron chi connectivity index (χ3n) is 3.82. The average molecular weight is 203 g/mol. The number of fused-ring (bicyclic) bond motifs is 1. The van der Waals surface area contributed by atoms with Crippen LogP contribution in [0.25, 0.3) is 0 Å². The zero-order valence-corrected chi connectivity index (χ0v) is 8.95. The van der Waals surface area contributed by atoms with Crippen LogP contribution in [0, 0.1) is 0 Å². The van der Waals surface area contributed by atoms with Crippen LogP contribution in [0.4, 0.5) is 0 Å². The van der Waals surface area contributed by atoms with Crippen molar-refractivity contribution >= 4 is 0 Å². The Morgan fingerprint density at radius 2 is 2.07 bits per heavy atom. The zero-order chi connectivity index (χ0) is 10.3. The van der Waals surface area contributed by atoms with Gasteiger partial charge in [-0.25, -0.2) is 0 Å². The van der Waals surface area contributed by atoms with Crippen LogP contribution >= 0.6 is 0 Å². The van der Waals surface area contributed by atoms with Crippen molar-refractivity contribution in [1.82, 2.24) is 4.90 Å². The molecular weight excluding hydrogens is 186 g/mol. The monoisotopic (exact) mass is 203 g/mol. The smallest absolute Gasteiger partial charge is 0.115 e. The molecule has 15 heavy (non-hydrogen) atoms. The molecule has 80 valence electrons. The van der Waals surface area contributed by atoms with Gasteiger partial charge in [-0.05, 0) is 42.5 Å². The van der Waals surface area contributed by atoms with E-state index in [1.165, 1.54) is 36.9 Å². The maximum Gasteiger partial charge on any atom is 0.115 e. The van der Waals surface area contributed by atoms with Crippen molar-refractivity contribution in [1.29, 1.82) is 0 Å². The molecule has 1 aromatic carbocycles. The second-order valence-corrected chi connectivity index (χ2v) is 4.76. The Balaban J connectivity index is 1.81. The van der Waals surface area contributed by atoms with E-state index >= 15 is 0 Å². The van der Waals surface area contributed by atoms with Gasteiger partial charge in [-0.15, -0.1) is 0 Å². The molecule has 0 unspecified atom stereocenters. The zero-order valence-electron chi connectivity index (χ0n) is 8.95. The van der Waals surface area contributed by atoms with E-state index in [1.54, 1.807) is 6.07 Å². The predicted molar refractivity (Wildman–Crippen MR) is 59.9 cm³/mol. The second kappa shape index (κ2) is 3.53. The molecule has 0 amide bonds. The van der Waals surface area contributed by atoms with Gasteiger partial charge in [-0.3, -0.25) is 4.90 Å². The van der Waals surface area contributed by atoms with Gasteiger partial charge in [0.05, 0.1) is 0 Å². The molecule has 2 aliphatic rings. The summed E-state index contributed by atoms with van der Waals surface area (Å²) in [6.45, 7) is 2.23. The van der Waals surface area contributed by atoms with Gasteiger partial charge in [-0.1, -0.05) is 12.5 Å². The third kappa shape index (κ3) is 1.63. The molecule has 1 aliphatic heterocycles. The number of benzene rings is 1. The number of aromatic hydroxyl groups is 1. The van der Waals surface area contributed by atoms with Crippen LogP contribution in [0.5, 0.6) is 5.75 Å². The van der Waals surface area contributed by atoms with Crippen molar-refractivity contribution < 1.29 is 5.11 Å². The minimum atomic E-state index is 0.407. The fourth-order valence-electron chi connectivity index (χ4n) is 2.63. The summed E-state index contributed by atoms with van der Waals surface area (Å²) in [6.07, 6.45) is 5.28. The van der Waals surface area contributed by atoms with Gasteiger partial charge in [0.25, 0.3) is 0 Å². The van der Waals surface area contributed by atoms with Gasteiger partial charge in [0.15, 0.2) is 0 Å². The van der Waals surface area contributed by atoms with E-state index in [0.717, 1.165) is 19.0 Å². The Hall–Kier alpha value is -1.02. The summed E-state index contributed by atoms with van der Waals surface area (Å²) < 4.78 is 0. The quantitative estimate of drug-likeness (QED) is 0.757. The fraction of sp³-hybridized carbons (Fsp3) is 0.538. The van der Waals surface area contributed by atoms with Crippen LogP contribution in [0.1, 0.15) is 30.4 Å². The van der Waals surface area contributed by atoms with Gasteiger partial charge in [-0.2, -0.15) is 0 Å². The van der Waals surface area contributed by atoms with E-state index < -0.39 is 0 Å². The molecule has 0 saturated heterocycles. The minimum Gasteiger partial charge on any atom is -0.508 e. The highest BCUT2D eigenvalue weighted by atomic mass is 16.3. The van der Waals surface area contributed by atoms with Gasteiger partial charge >= 0.3 is 0 Å². The maximum absolute atomic E-state index is 9.47. The minimum absolute atomic E-state index is 0.407. The van der Waals surface area contributed by atoms with Crippen molar-refractivity contribution in [2.45, 2.75) is 38.3 Å². The van der Waals surface area contributed by atoms with Gasteiger partial charge in [0.1, 0.15) is 5.75 Å². The number of phenols is 1. The number of hydrogen-bond donors (Lipinski definition) is 1. The first kappa shape index (κ1) is 9.22. The summed E-state index contributed by atoms with van der Waals surface area (Å²) in [4.78, 5) is 2.57. The molecule has 1 N–H and O–H groups in total. The molecule has 0 aromatic heterocycles. The van der Waals surface area contributed by atoms with Gasteiger partial charge in [0, 0.05) is 19.1 Å². The first-order valence-corrected chi connectivity index (χ1v) is 5.88. The lowest BCUT2D eigenvalue weighted by molar-refractivity contribution is 0.113. The molecule has 2 heteroatoms. The Morgan fingerprint density at radius 1 is 1.20 bits per heavy atom. The molecule has 1 aliphatic carbocycles. The summed E-state index contributed by atoms with van der Waals surface area (Å²) in [7, 11) is 0. The Labute approximate surface area is 90.5 Å². The summed E-state index contributed by atoms with van der Waals surface area (Å²) >= 11 is 0. The molecule has 0 spiro atoms. The highest BCUT2D eigenvalue weighted by molar-refractivity contribution is 5.36. The lowest BCUT2D eigenvalue weighted by atomic mass is 9.88. The second-order valence-electron chi connectivity index (χ2n) is 4.76. The molecule has 0 bridgehead atoms. The van der Waals surface area contributed by atoms with Crippen LogP contribution in [0.2, 0.25) is 0 Å². The third-order valence-corrected chi connectivity index (χ3v) is 3.82. The van der Waals surface area contributed by atoms with E-state index in [-0.39, 0.29) is 0 Å². The predicted octanol–water partition coefficient (Wildman–Crippen LogP) is 2.30. The largest absolute Gasteiger partial charge is 0.508 e. The SMILES string of the molecule is Oc1ccc2c(c1)CN(C1CCC1)CC2. The first-order chi connectivity index (χ1) is 7.33. The van der Waals surface area contributed by atoms with Crippen molar-refractivity contribution in [2.75, 3.05) is 6.54 Å². The van der Waals surface area contributed by atoms with E-state index in [9.17, 15) is 5.11 Å². The number of phenolic OH excluding ortho intramolecular Hbond substituents is 1. The molecule has 2 nitrogen and oxygen atoms in total. The van der Waals surface area contributed by atoms with E-state index in [1.807, 2.05) is 6.07 Å². The molecule has 1 heterocycles. The molecule has 1 saturated carbocycles. The van der Waals surface area contributed by atoms with Crippen molar-refractivity contribution in [3.63, 3.8) is 0 Å². The Bertz CT molecular complexity index is 371. The summed E-state index contributed by atoms with van der Waals surface area (Å²) in [6, 6.07) is 6.63. The Morgan fingerprint density at radius 3 is 2.80 bits per heavy atom. The summed E-state index contributed by atoms with van der Waals surface area (Å²) in [5.41, 5.74) is 2.75. The molecule has 1 fully saturated rings. The lowest BCUT2D eigenvalue weighted by Gasteiger charge is -2.40. The normalized spacial score (nSPS) is 22.1. The van der Waals surface area contributed by atoms with Crippen LogP contribution in [0.15, 0.2) is 18.2 Å². The van der Waals surface area contributed by atoms with Crippen molar-refractivity contribution in [3.05, 3.63) is 29.3 Å². The summed E-state index contributed by atoms with van der Waals surface area (Å²) in [5.74, 6) is 0.407. The average Bonchev–Trinajstić information content (AvgIpc) is 2.14. The molecular formula is C13H17NO. The fourth-order valence-corrected chi connectivity index (χ4v) is 2.63. The van der Waals surface area contributed by atoms with Crippen LogP contribution in [-0.4, -0.2) is 22.6 Å². The number of hydrogen-bond acceptors (Lipinski definition) is 2. The van der Waals surface area contributed by atoms with E-state index in [2.05, 4.69) is 11.0 Å². The van der Waals surface area contributed by atoms with Crippen LogP contribution < -0.4 is 0 Å². The first-order valence-electron chi connectivity index (χ1n) is 5.88. The lowest BCUT2D eigenvalue weighted by Crippen LogP contribution is -2.42.